The van der Waals surface area contributed by atoms with Crippen LogP contribution in [0, 0.1) is 17.3 Å². The maximum Gasteiger partial charge on any atom is 0.139 e. The summed E-state index contributed by atoms with van der Waals surface area (Å²) in [6.07, 6.45) is 5.69. The van der Waals surface area contributed by atoms with Crippen LogP contribution in [0.4, 0.5) is 0 Å². The predicted molar refractivity (Wildman–Crippen MR) is 61.7 cm³/mol. The van der Waals surface area contributed by atoms with Crippen LogP contribution in [-0.2, 0) is 4.79 Å². The minimum atomic E-state index is 0.337. The van der Waals surface area contributed by atoms with Gasteiger partial charge in [-0.3, -0.25) is 4.79 Å². The Labute approximate surface area is 92.8 Å². The maximum absolute atomic E-state index is 12.2. The fourth-order valence-corrected chi connectivity index (χ4v) is 3.20. The first-order valence-electron chi connectivity index (χ1n) is 6.48. The average Bonchev–Trinajstić information content (AvgIpc) is 2.95. The van der Waals surface area contributed by atoms with E-state index in [2.05, 4.69) is 19.2 Å². The molecule has 2 aliphatic rings. The number of rotatable bonds is 4. The number of Topliss-reactive ketones (excluding diaryl/α,β-unsaturated/α-hetero) is 1. The van der Waals surface area contributed by atoms with E-state index in [4.69, 9.17) is 0 Å². The smallest absolute Gasteiger partial charge is 0.139 e. The highest BCUT2D eigenvalue weighted by atomic mass is 16.1. The van der Waals surface area contributed by atoms with E-state index >= 15 is 0 Å². The van der Waals surface area contributed by atoms with E-state index in [1.807, 2.05) is 0 Å². The second kappa shape index (κ2) is 4.25. The third-order valence-electron chi connectivity index (χ3n) is 4.52. The Kier molecular flexibility index (Phi) is 3.15. The maximum atomic E-state index is 12.2. The minimum Gasteiger partial charge on any atom is -0.317 e. The van der Waals surface area contributed by atoms with E-state index < -0.39 is 0 Å². The summed E-state index contributed by atoms with van der Waals surface area (Å²) >= 11 is 0. The Hall–Kier alpha value is -0.370. The van der Waals surface area contributed by atoms with Gasteiger partial charge in [0.15, 0.2) is 0 Å². The van der Waals surface area contributed by atoms with E-state index in [0.29, 0.717) is 23.0 Å². The van der Waals surface area contributed by atoms with Gasteiger partial charge in [-0.05, 0) is 50.6 Å². The van der Waals surface area contributed by atoms with Crippen molar-refractivity contribution in [2.24, 2.45) is 17.3 Å². The van der Waals surface area contributed by atoms with Gasteiger partial charge in [-0.2, -0.15) is 0 Å². The van der Waals surface area contributed by atoms with Crippen LogP contribution in [0.1, 0.15) is 46.0 Å². The number of ketones is 1. The van der Waals surface area contributed by atoms with Crippen molar-refractivity contribution in [3.63, 3.8) is 0 Å². The standard InChI is InChI=1S/C13H23NO/c1-3-10(4-2)12(15)11-9-13(11)5-7-14-8-6-13/h10-11,14H,3-9H2,1-2H3. The van der Waals surface area contributed by atoms with Crippen LogP contribution in [0.2, 0.25) is 0 Å². The number of nitrogens with one attached hydrogen (secondary N) is 1. The van der Waals surface area contributed by atoms with Gasteiger partial charge >= 0.3 is 0 Å². The highest BCUT2D eigenvalue weighted by Crippen LogP contribution is 2.59. The highest BCUT2D eigenvalue weighted by molar-refractivity contribution is 5.86. The molecule has 0 aromatic carbocycles. The fraction of sp³-hybridized carbons (Fsp3) is 0.923. The largest absolute Gasteiger partial charge is 0.317 e. The molecule has 1 heterocycles. The van der Waals surface area contributed by atoms with Crippen LogP contribution in [0.5, 0.6) is 0 Å². The van der Waals surface area contributed by atoms with E-state index in [9.17, 15) is 4.79 Å². The van der Waals surface area contributed by atoms with E-state index in [0.717, 1.165) is 25.9 Å². The van der Waals surface area contributed by atoms with Gasteiger partial charge < -0.3 is 5.32 Å². The molecule has 2 fully saturated rings. The summed E-state index contributed by atoms with van der Waals surface area (Å²) in [5.41, 5.74) is 0.435. The van der Waals surface area contributed by atoms with Crippen LogP contribution in [0.15, 0.2) is 0 Å². The zero-order valence-electron chi connectivity index (χ0n) is 10.0. The highest BCUT2D eigenvalue weighted by Gasteiger charge is 2.57. The van der Waals surface area contributed by atoms with Crippen molar-refractivity contribution >= 4 is 5.78 Å². The molecular weight excluding hydrogens is 186 g/mol. The van der Waals surface area contributed by atoms with Gasteiger partial charge in [0.05, 0.1) is 0 Å². The first-order valence-corrected chi connectivity index (χ1v) is 6.48. The molecule has 1 saturated heterocycles. The summed E-state index contributed by atoms with van der Waals surface area (Å²) in [5.74, 6) is 1.33. The zero-order chi connectivity index (χ0) is 10.9. The monoisotopic (exact) mass is 209 g/mol. The summed E-state index contributed by atoms with van der Waals surface area (Å²) in [6.45, 7) is 6.52. The van der Waals surface area contributed by atoms with Gasteiger partial charge in [-0.25, -0.2) is 0 Å². The third kappa shape index (κ3) is 1.96. The second-order valence-corrected chi connectivity index (χ2v) is 5.28. The number of hydrogen-bond acceptors (Lipinski definition) is 2. The lowest BCUT2D eigenvalue weighted by Crippen LogP contribution is -2.31. The first-order chi connectivity index (χ1) is 7.23. The molecule has 0 aromatic heterocycles. The molecule has 0 amide bonds. The van der Waals surface area contributed by atoms with Crippen molar-refractivity contribution in [2.45, 2.75) is 46.0 Å². The molecule has 1 saturated carbocycles. The molecule has 1 N–H and O–H groups in total. The Balaban J connectivity index is 1.94. The lowest BCUT2D eigenvalue weighted by Gasteiger charge is -2.24. The molecule has 2 nitrogen and oxygen atoms in total. The Morgan fingerprint density at radius 2 is 1.93 bits per heavy atom. The van der Waals surface area contributed by atoms with Crippen molar-refractivity contribution in [3.8, 4) is 0 Å². The molecule has 86 valence electrons. The average molecular weight is 209 g/mol. The molecule has 1 atom stereocenters. The minimum absolute atomic E-state index is 0.337. The summed E-state index contributed by atoms with van der Waals surface area (Å²) < 4.78 is 0. The Morgan fingerprint density at radius 3 is 2.47 bits per heavy atom. The third-order valence-corrected chi connectivity index (χ3v) is 4.52. The number of carbonyl (C=O) groups excluding carboxylic acids is 1. The van der Waals surface area contributed by atoms with Gasteiger partial charge in [0, 0.05) is 11.8 Å². The van der Waals surface area contributed by atoms with Crippen molar-refractivity contribution in [2.75, 3.05) is 13.1 Å². The molecular formula is C13H23NO. The van der Waals surface area contributed by atoms with Crippen molar-refractivity contribution in [1.29, 1.82) is 0 Å². The molecule has 2 heteroatoms. The van der Waals surface area contributed by atoms with Gasteiger partial charge in [0.1, 0.15) is 5.78 Å². The number of piperidine rings is 1. The van der Waals surface area contributed by atoms with Crippen LogP contribution < -0.4 is 5.32 Å². The summed E-state index contributed by atoms with van der Waals surface area (Å²) in [7, 11) is 0. The van der Waals surface area contributed by atoms with E-state index in [-0.39, 0.29) is 0 Å². The van der Waals surface area contributed by atoms with Crippen molar-refractivity contribution in [3.05, 3.63) is 0 Å². The summed E-state index contributed by atoms with van der Waals surface area (Å²) in [4.78, 5) is 12.2. The van der Waals surface area contributed by atoms with Crippen molar-refractivity contribution < 1.29 is 4.79 Å². The molecule has 1 aliphatic heterocycles. The molecule has 1 spiro atoms. The SMILES string of the molecule is CCC(CC)C(=O)C1CC12CCNCC2. The second-order valence-electron chi connectivity index (χ2n) is 5.28. The topological polar surface area (TPSA) is 29.1 Å². The fourth-order valence-electron chi connectivity index (χ4n) is 3.20. The predicted octanol–water partition coefficient (Wildman–Crippen LogP) is 2.38. The molecule has 0 aromatic rings. The van der Waals surface area contributed by atoms with Crippen molar-refractivity contribution in [1.82, 2.24) is 5.32 Å². The Bertz CT molecular complexity index is 239. The van der Waals surface area contributed by atoms with Crippen LogP contribution in [-0.4, -0.2) is 18.9 Å². The summed E-state index contributed by atoms with van der Waals surface area (Å²) in [6, 6.07) is 0. The number of carbonyl (C=O) groups is 1. The lowest BCUT2D eigenvalue weighted by atomic mass is 9.86. The summed E-state index contributed by atoms with van der Waals surface area (Å²) in [5, 5.41) is 3.39. The first kappa shape index (κ1) is 11.1. The molecule has 1 aliphatic carbocycles. The van der Waals surface area contributed by atoms with E-state index in [1.54, 1.807) is 0 Å². The van der Waals surface area contributed by atoms with Gasteiger partial charge in [0.25, 0.3) is 0 Å². The normalized spacial score (nSPS) is 28.3. The van der Waals surface area contributed by atoms with E-state index in [1.165, 1.54) is 19.3 Å². The van der Waals surface area contributed by atoms with Crippen LogP contribution >= 0.6 is 0 Å². The van der Waals surface area contributed by atoms with Gasteiger partial charge in [0.2, 0.25) is 0 Å². The lowest BCUT2D eigenvalue weighted by molar-refractivity contribution is -0.125. The molecule has 1 unspecified atom stereocenters. The quantitative estimate of drug-likeness (QED) is 0.770. The number of hydrogen-bond donors (Lipinski definition) is 1. The molecule has 0 radical (unpaired) electrons. The van der Waals surface area contributed by atoms with Crippen LogP contribution in [0.3, 0.4) is 0 Å². The van der Waals surface area contributed by atoms with Gasteiger partial charge in [-0.15, -0.1) is 0 Å². The molecule has 0 bridgehead atoms. The Morgan fingerprint density at radius 1 is 1.33 bits per heavy atom. The van der Waals surface area contributed by atoms with Gasteiger partial charge in [-0.1, -0.05) is 13.8 Å². The molecule has 15 heavy (non-hydrogen) atoms. The zero-order valence-corrected chi connectivity index (χ0v) is 10.0. The molecule has 2 rings (SSSR count). The van der Waals surface area contributed by atoms with Crippen LogP contribution in [0.25, 0.3) is 0 Å².